The molecule has 6 heteroatoms. The highest BCUT2D eigenvalue weighted by molar-refractivity contribution is 5.85. The molecule has 1 rings (SSSR count). The first-order valence-electron chi connectivity index (χ1n) is 5.87. The molecule has 1 amide bonds. The molecule has 1 aromatic carbocycles. The summed E-state index contributed by atoms with van der Waals surface area (Å²) in [5, 5.41) is 11.8. The molecule has 108 valence electrons. The number of carbonyl (C=O) groups is 1. The molecule has 1 atom stereocenters. The van der Waals surface area contributed by atoms with Crippen molar-refractivity contribution in [1.29, 1.82) is 0 Å². The number of aliphatic hydroxyl groups excluding tert-OH is 1. The molecule has 0 bridgehead atoms. The number of carbonyl (C=O) groups excluding carboxylic acids is 1. The quantitative estimate of drug-likeness (QED) is 0.685. The van der Waals surface area contributed by atoms with Gasteiger partial charge in [-0.3, -0.25) is 4.79 Å². The summed E-state index contributed by atoms with van der Waals surface area (Å²) in [7, 11) is 1.54. The van der Waals surface area contributed by atoms with E-state index in [2.05, 4.69) is 5.32 Å². The minimum atomic E-state index is -0.242. The number of rotatable bonds is 7. The van der Waals surface area contributed by atoms with E-state index in [9.17, 15) is 4.79 Å². The monoisotopic (exact) mass is 288 g/mol. The number of amides is 1. The maximum Gasteiger partial charge on any atom is 0.222 e. The molecule has 0 aliphatic rings. The van der Waals surface area contributed by atoms with Crippen LogP contribution in [0.2, 0.25) is 0 Å². The number of hydrogen-bond acceptors (Lipinski definition) is 4. The third-order valence-corrected chi connectivity index (χ3v) is 2.67. The van der Waals surface area contributed by atoms with Gasteiger partial charge in [0.1, 0.15) is 0 Å². The van der Waals surface area contributed by atoms with Gasteiger partial charge in [-0.2, -0.15) is 0 Å². The molecular weight excluding hydrogens is 268 g/mol. The smallest absolute Gasteiger partial charge is 0.222 e. The molecule has 0 spiro atoms. The van der Waals surface area contributed by atoms with Gasteiger partial charge in [0.05, 0.1) is 19.1 Å². The lowest BCUT2D eigenvalue weighted by molar-refractivity contribution is -0.123. The summed E-state index contributed by atoms with van der Waals surface area (Å²) in [5.41, 5.74) is 7.23. The van der Waals surface area contributed by atoms with E-state index in [-0.39, 0.29) is 37.4 Å². The van der Waals surface area contributed by atoms with Crippen LogP contribution in [0.3, 0.4) is 0 Å². The third kappa shape index (κ3) is 6.54. The van der Waals surface area contributed by atoms with Crippen molar-refractivity contribution in [3.05, 3.63) is 35.4 Å². The summed E-state index contributed by atoms with van der Waals surface area (Å²) >= 11 is 0. The topological polar surface area (TPSA) is 84.6 Å². The minimum Gasteiger partial charge on any atom is -0.392 e. The van der Waals surface area contributed by atoms with Crippen molar-refractivity contribution in [3.8, 4) is 0 Å². The molecule has 0 saturated heterocycles. The van der Waals surface area contributed by atoms with Gasteiger partial charge in [0.2, 0.25) is 5.91 Å². The number of nitrogens with one attached hydrogen (secondary N) is 1. The van der Waals surface area contributed by atoms with Gasteiger partial charge in [-0.25, -0.2) is 0 Å². The van der Waals surface area contributed by atoms with E-state index < -0.39 is 0 Å². The molecule has 1 aromatic rings. The van der Waals surface area contributed by atoms with Gasteiger partial charge in [0, 0.05) is 20.2 Å². The van der Waals surface area contributed by atoms with Gasteiger partial charge in [0.25, 0.3) is 0 Å². The number of halogens is 1. The molecule has 4 N–H and O–H groups in total. The van der Waals surface area contributed by atoms with Crippen LogP contribution in [0.1, 0.15) is 17.5 Å². The summed E-state index contributed by atoms with van der Waals surface area (Å²) < 4.78 is 5.04. The standard InChI is InChI=1S/C13H20N2O3.ClH/c1-18-12(7-14)6-13(17)15-8-10-3-2-4-11(5-10)9-16;/h2-5,12,16H,6-9,14H2,1H3,(H,15,17);1H. The molecule has 0 saturated carbocycles. The molecule has 0 heterocycles. The Bertz CT molecular complexity index is 384. The van der Waals surface area contributed by atoms with E-state index in [1.807, 2.05) is 24.3 Å². The number of aliphatic hydroxyl groups is 1. The van der Waals surface area contributed by atoms with Gasteiger partial charge in [-0.05, 0) is 11.1 Å². The fraction of sp³-hybridized carbons (Fsp3) is 0.462. The molecule has 0 aliphatic heterocycles. The van der Waals surface area contributed by atoms with Gasteiger partial charge in [0.15, 0.2) is 0 Å². The first kappa shape index (κ1) is 17.9. The van der Waals surface area contributed by atoms with Crippen molar-refractivity contribution in [2.45, 2.75) is 25.7 Å². The summed E-state index contributed by atoms with van der Waals surface area (Å²) in [6.07, 6.45) is 0.0148. The number of methoxy groups -OCH3 is 1. The van der Waals surface area contributed by atoms with E-state index in [4.69, 9.17) is 15.6 Å². The molecule has 0 fully saturated rings. The number of ether oxygens (including phenoxy) is 1. The lowest BCUT2D eigenvalue weighted by atomic mass is 10.1. The Kier molecular flexibility index (Phi) is 9.16. The van der Waals surface area contributed by atoms with Crippen LogP contribution in [0.15, 0.2) is 24.3 Å². The van der Waals surface area contributed by atoms with Gasteiger partial charge in [-0.15, -0.1) is 12.4 Å². The molecule has 0 radical (unpaired) electrons. The van der Waals surface area contributed by atoms with Crippen LogP contribution in [0.5, 0.6) is 0 Å². The Morgan fingerprint density at radius 1 is 1.47 bits per heavy atom. The Balaban J connectivity index is 0.00000324. The number of hydrogen-bond donors (Lipinski definition) is 3. The molecular formula is C13H21ClN2O3. The predicted octanol–water partition coefficient (Wildman–Crippen LogP) is 0.581. The zero-order chi connectivity index (χ0) is 13.4. The van der Waals surface area contributed by atoms with E-state index in [1.165, 1.54) is 7.11 Å². The fourth-order valence-corrected chi connectivity index (χ4v) is 1.58. The molecule has 0 aliphatic carbocycles. The fourth-order valence-electron chi connectivity index (χ4n) is 1.58. The maximum absolute atomic E-state index is 11.6. The zero-order valence-electron chi connectivity index (χ0n) is 11.0. The maximum atomic E-state index is 11.6. The van der Waals surface area contributed by atoms with Crippen LogP contribution >= 0.6 is 12.4 Å². The van der Waals surface area contributed by atoms with E-state index in [1.54, 1.807) is 0 Å². The van der Waals surface area contributed by atoms with Gasteiger partial charge in [-0.1, -0.05) is 24.3 Å². The van der Waals surface area contributed by atoms with Crippen LogP contribution < -0.4 is 11.1 Å². The summed E-state index contributed by atoms with van der Waals surface area (Å²) in [6, 6.07) is 7.44. The second-order valence-electron chi connectivity index (χ2n) is 4.05. The summed E-state index contributed by atoms with van der Waals surface area (Å²) in [5.74, 6) is -0.0956. The zero-order valence-corrected chi connectivity index (χ0v) is 11.8. The second-order valence-corrected chi connectivity index (χ2v) is 4.05. The van der Waals surface area contributed by atoms with Crippen molar-refractivity contribution in [3.63, 3.8) is 0 Å². The SMILES string of the molecule is COC(CN)CC(=O)NCc1cccc(CO)c1.Cl. The second kappa shape index (κ2) is 9.75. The first-order valence-corrected chi connectivity index (χ1v) is 5.87. The number of nitrogens with two attached hydrogens (primary N) is 1. The lowest BCUT2D eigenvalue weighted by Gasteiger charge is -2.12. The van der Waals surface area contributed by atoms with Crippen molar-refractivity contribution in [2.75, 3.05) is 13.7 Å². The average Bonchev–Trinajstić information content (AvgIpc) is 2.42. The van der Waals surface area contributed by atoms with Crippen LogP contribution in [-0.2, 0) is 22.7 Å². The highest BCUT2D eigenvalue weighted by atomic mass is 35.5. The molecule has 19 heavy (non-hydrogen) atoms. The summed E-state index contributed by atoms with van der Waals surface area (Å²) in [4.78, 5) is 11.6. The molecule has 5 nitrogen and oxygen atoms in total. The molecule has 0 aromatic heterocycles. The van der Waals surface area contributed by atoms with Crippen LogP contribution in [0.25, 0.3) is 0 Å². The van der Waals surface area contributed by atoms with Crippen molar-refractivity contribution in [2.24, 2.45) is 5.73 Å². The van der Waals surface area contributed by atoms with Crippen molar-refractivity contribution in [1.82, 2.24) is 5.32 Å². The van der Waals surface area contributed by atoms with Crippen LogP contribution in [-0.4, -0.2) is 30.8 Å². The number of benzene rings is 1. The largest absolute Gasteiger partial charge is 0.392 e. The molecule has 1 unspecified atom stereocenters. The lowest BCUT2D eigenvalue weighted by Crippen LogP contribution is -2.31. The van der Waals surface area contributed by atoms with Crippen LogP contribution in [0, 0.1) is 0 Å². The Morgan fingerprint density at radius 3 is 2.74 bits per heavy atom. The average molecular weight is 289 g/mol. The minimum absolute atomic E-state index is 0. The predicted molar refractivity (Wildman–Crippen MR) is 75.9 cm³/mol. The highest BCUT2D eigenvalue weighted by Gasteiger charge is 2.10. The van der Waals surface area contributed by atoms with Crippen LogP contribution in [0.4, 0.5) is 0 Å². The third-order valence-electron chi connectivity index (χ3n) is 2.67. The van der Waals surface area contributed by atoms with E-state index >= 15 is 0 Å². The highest BCUT2D eigenvalue weighted by Crippen LogP contribution is 2.05. The Labute approximate surface area is 119 Å². The Morgan fingerprint density at radius 2 is 2.16 bits per heavy atom. The van der Waals surface area contributed by atoms with Crippen molar-refractivity contribution >= 4 is 18.3 Å². The Hall–Kier alpha value is -1.14. The normalized spacial score (nSPS) is 11.5. The first-order chi connectivity index (χ1) is 8.69. The summed E-state index contributed by atoms with van der Waals surface area (Å²) in [6.45, 7) is 0.762. The van der Waals surface area contributed by atoms with Gasteiger partial charge >= 0.3 is 0 Å². The van der Waals surface area contributed by atoms with Crippen molar-refractivity contribution < 1.29 is 14.6 Å². The van der Waals surface area contributed by atoms with E-state index in [0.717, 1.165) is 11.1 Å². The van der Waals surface area contributed by atoms with Gasteiger partial charge < -0.3 is 20.9 Å². The van der Waals surface area contributed by atoms with E-state index in [0.29, 0.717) is 13.1 Å².